The first-order valence-corrected chi connectivity index (χ1v) is 9.91. The minimum absolute atomic E-state index is 0.238. The van der Waals surface area contributed by atoms with Crippen LogP contribution in [-0.2, 0) is 4.79 Å². The Kier molecular flexibility index (Phi) is 4.64. The molecular weight excluding hydrogens is 288 g/mol. The van der Waals surface area contributed by atoms with Crippen molar-refractivity contribution in [2.75, 3.05) is 13.1 Å². The molecule has 0 aromatic rings. The molecule has 4 aliphatic carbocycles. The van der Waals surface area contributed by atoms with Crippen molar-refractivity contribution in [2.24, 2.45) is 17.8 Å². The first-order chi connectivity index (χ1) is 11.2. The number of carboxylic acids is 1. The Morgan fingerprint density at radius 1 is 1.04 bits per heavy atom. The zero-order valence-electron chi connectivity index (χ0n) is 14.3. The van der Waals surface area contributed by atoms with E-state index >= 15 is 0 Å². The van der Waals surface area contributed by atoms with E-state index in [-0.39, 0.29) is 6.54 Å². The normalized spacial score (nSPS) is 37.6. The molecule has 4 heteroatoms. The fourth-order valence-corrected chi connectivity index (χ4v) is 4.93. The van der Waals surface area contributed by atoms with E-state index in [4.69, 9.17) is 5.11 Å². The summed E-state index contributed by atoms with van der Waals surface area (Å²) in [6.45, 7) is 1.25. The van der Waals surface area contributed by atoms with Crippen LogP contribution in [0.1, 0.15) is 64.2 Å². The highest BCUT2D eigenvalue weighted by atomic mass is 16.4. The topological polar surface area (TPSA) is 52.6 Å². The van der Waals surface area contributed by atoms with E-state index in [2.05, 4.69) is 10.2 Å². The molecule has 4 nitrogen and oxygen atoms in total. The lowest BCUT2D eigenvalue weighted by Gasteiger charge is -2.46. The van der Waals surface area contributed by atoms with Gasteiger partial charge in [-0.15, -0.1) is 0 Å². The average Bonchev–Trinajstić information content (AvgIpc) is 3.34. The van der Waals surface area contributed by atoms with Crippen LogP contribution in [0.4, 0.5) is 0 Å². The summed E-state index contributed by atoms with van der Waals surface area (Å²) in [4.78, 5) is 13.4. The van der Waals surface area contributed by atoms with Crippen molar-refractivity contribution in [3.63, 3.8) is 0 Å². The first-order valence-electron chi connectivity index (χ1n) is 9.91. The summed E-state index contributed by atoms with van der Waals surface area (Å²) in [7, 11) is 0. The zero-order valence-corrected chi connectivity index (χ0v) is 14.3. The molecule has 2 N–H and O–H groups in total. The van der Waals surface area contributed by atoms with Crippen molar-refractivity contribution in [1.29, 1.82) is 0 Å². The van der Waals surface area contributed by atoms with Crippen LogP contribution in [0, 0.1) is 17.8 Å². The maximum Gasteiger partial charge on any atom is 0.317 e. The fraction of sp³-hybridized carbons (Fsp3) is 0.947. The molecule has 4 saturated carbocycles. The Morgan fingerprint density at radius 3 is 2.43 bits per heavy atom. The molecule has 0 aromatic heterocycles. The number of hydrogen-bond donors (Lipinski definition) is 2. The van der Waals surface area contributed by atoms with Crippen LogP contribution in [0.25, 0.3) is 0 Å². The fourth-order valence-electron chi connectivity index (χ4n) is 4.93. The van der Waals surface area contributed by atoms with Gasteiger partial charge >= 0.3 is 5.97 Å². The van der Waals surface area contributed by atoms with Crippen LogP contribution in [0.15, 0.2) is 0 Å². The van der Waals surface area contributed by atoms with E-state index in [1.807, 2.05) is 0 Å². The monoisotopic (exact) mass is 320 g/mol. The number of hydrogen-bond acceptors (Lipinski definition) is 3. The molecular formula is C19H32N2O2. The molecule has 0 spiro atoms. The van der Waals surface area contributed by atoms with Crippen molar-refractivity contribution < 1.29 is 9.90 Å². The number of carbonyl (C=O) groups is 1. The number of rotatable bonds is 8. The molecule has 0 aliphatic heterocycles. The van der Waals surface area contributed by atoms with Gasteiger partial charge in [-0.25, -0.2) is 0 Å². The first kappa shape index (κ1) is 15.9. The molecule has 2 atom stereocenters. The van der Waals surface area contributed by atoms with Crippen LogP contribution in [0.2, 0.25) is 0 Å². The second-order valence-electron chi connectivity index (χ2n) is 8.65. The lowest BCUT2D eigenvalue weighted by atomic mass is 9.78. The number of nitrogens with zero attached hydrogens (tertiary/aromatic N) is 1. The van der Waals surface area contributed by atoms with Gasteiger partial charge < -0.3 is 10.4 Å². The number of carboxylic acid groups (broad SMARTS) is 1. The predicted molar refractivity (Wildman–Crippen MR) is 90.3 cm³/mol. The second-order valence-corrected chi connectivity index (χ2v) is 8.65. The molecule has 2 unspecified atom stereocenters. The Bertz CT molecular complexity index is 427. The van der Waals surface area contributed by atoms with Gasteiger partial charge in [0.05, 0.1) is 6.54 Å². The van der Waals surface area contributed by atoms with Crippen molar-refractivity contribution in [3.05, 3.63) is 0 Å². The zero-order chi connectivity index (χ0) is 15.8. The molecule has 4 rings (SSSR count). The molecule has 130 valence electrons. The summed E-state index contributed by atoms with van der Waals surface area (Å²) >= 11 is 0. The van der Waals surface area contributed by atoms with Gasteiger partial charge in [0, 0.05) is 24.7 Å². The molecule has 23 heavy (non-hydrogen) atoms. The van der Waals surface area contributed by atoms with Crippen LogP contribution < -0.4 is 5.32 Å². The van der Waals surface area contributed by atoms with Gasteiger partial charge in [-0.2, -0.15) is 0 Å². The smallest absolute Gasteiger partial charge is 0.317 e. The Hall–Kier alpha value is -0.610. The van der Waals surface area contributed by atoms with E-state index in [0.29, 0.717) is 12.1 Å². The average molecular weight is 320 g/mol. The van der Waals surface area contributed by atoms with Gasteiger partial charge in [0.2, 0.25) is 0 Å². The summed E-state index contributed by atoms with van der Waals surface area (Å²) in [5.74, 6) is 2.06. The highest BCUT2D eigenvalue weighted by molar-refractivity contribution is 5.69. The maximum atomic E-state index is 11.1. The third kappa shape index (κ3) is 4.08. The number of nitrogens with one attached hydrogen (secondary N) is 1. The van der Waals surface area contributed by atoms with Crippen LogP contribution >= 0.6 is 0 Å². The lowest BCUT2D eigenvalue weighted by Crippen LogP contribution is -2.57. The maximum absolute atomic E-state index is 11.1. The Balaban J connectivity index is 1.25. The van der Waals surface area contributed by atoms with Crippen LogP contribution in [-0.4, -0.2) is 47.2 Å². The minimum atomic E-state index is -0.664. The summed E-state index contributed by atoms with van der Waals surface area (Å²) in [6, 6.07) is 1.89. The van der Waals surface area contributed by atoms with Crippen LogP contribution in [0.3, 0.4) is 0 Å². The van der Waals surface area contributed by atoms with Crippen molar-refractivity contribution in [2.45, 2.75) is 82.3 Å². The third-order valence-corrected chi connectivity index (χ3v) is 6.65. The Morgan fingerprint density at radius 2 is 1.78 bits per heavy atom. The largest absolute Gasteiger partial charge is 0.480 e. The van der Waals surface area contributed by atoms with Gasteiger partial charge in [0.25, 0.3) is 0 Å². The van der Waals surface area contributed by atoms with Crippen molar-refractivity contribution >= 4 is 5.97 Å². The summed E-state index contributed by atoms with van der Waals surface area (Å²) < 4.78 is 0. The van der Waals surface area contributed by atoms with Gasteiger partial charge in [0.15, 0.2) is 0 Å². The molecule has 0 bridgehead atoms. The quantitative estimate of drug-likeness (QED) is 0.722. The molecule has 4 fully saturated rings. The van der Waals surface area contributed by atoms with Crippen LogP contribution in [0.5, 0.6) is 0 Å². The SMILES string of the molecule is O=C(O)CN(CC1CC1)C1CC(NC2CCCCC2C2CC2)C1. The molecule has 0 radical (unpaired) electrons. The Labute approximate surface area is 140 Å². The molecule has 4 aliphatic rings. The summed E-state index contributed by atoms with van der Waals surface area (Å²) in [5, 5.41) is 13.1. The van der Waals surface area contributed by atoms with Crippen molar-refractivity contribution in [3.8, 4) is 0 Å². The van der Waals surface area contributed by atoms with Gasteiger partial charge in [-0.1, -0.05) is 12.8 Å². The van der Waals surface area contributed by atoms with E-state index in [1.54, 1.807) is 0 Å². The standard InChI is InChI=1S/C19H32N2O2/c22-19(23)12-21(11-13-5-6-13)16-9-15(10-16)20-18-4-2-1-3-17(18)14-7-8-14/h13-18,20H,1-12H2,(H,22,23). The summed E-state index contributed by atoms with van der Waals surface area (Å²) in [6.07, 6.45) is 13.5. The highest BCUT2D eigenvalue weighted by Gasteiger charge is 2.42. The molecule has 0 saturated heterocycles. The third-order valence-electron chi connectivity index (χ3n) is 6.65. The van der Waals surface area contributed by atoms with E-state index in [1.165, 1.54) is 51.4 Å². The highest BCUT2D eigenvalue weighted by Crippen LogP contribution is 2.44. The van der Waals surface area contributed by atoms with E-state index in [0.717, 1.165) is 43.2 Å². The number of aliphatic carboxylic acids is 1. The minimum Gasteiger partial charge on any atom is -0.480 e. The molecule has 0 heterocycles. The van der Waals surface area contributed by atoms with Gasteiger partial charge in [-0.3, -0.25) is 9.69 Å². The van der Waals surface area contributed by atoms with Crippen molar-refractivity contribution in [1.82, 2.24) is 10.2 Å². The second kappa shape index (κ2) is 6.72. The summed E-state index contributed by atoms with van der Waals surface area (Å²) in [5.41, 5.74) is 0. The predicted octanol–water partition coefficient (Wildman–Crippen LogP) is 2.87. The van der Waals surface area contributed by atoms with E-state index in [9.17, 15) is 4.79 Å². The lowest BCUT2D eigenvalue weighted by molar-refractivity contribution is -0.139. The van der Waals surface area contributed by atoms with E-state index < -0.39 is 5.97 Å². The molecule has 0 amide bonds. The molecule has 0 aromatic carbocycles. The van der Waals surface area contributed by atoms with Gasteiger partial charge in [-0.05, 0) is 69.1 Å². The van der Waals surface area contributed by atoms with Gasteiger partial charge in [0.1, 0.15) is 0 Å².